The summed E-state index contributed by atoms with van der Waals surface area (Å²) in [5.74, 6) is 0.642. The van der Waals surface area contributed by atoms with Crippen LogP contribution in [0.15, 0.2) is 36.9 Å². The van der Waals surface area contributed by atoms with E-state index in [9.17, 15) is 4.79 Å². The quantitative estimate of drug-likeness (QED) is 0.386. The molecule has 4 aromatic rings. The van der Waals surface area contributed by atoms with Gasteiger partial charge in [-0.3, -0.25) is 9.78 Å². The molecule has 11 nitrogen and oxygen atoms in total. The van der Waals surface area contributed by atoms with Crippen molar-refractivity contribution in [3.05, 3.63) is 42.6 Å². The van der Waals surface area contributed by atoms with Crippen molar-refractivity contribution in [1.82, 2.24) is 39.9 Å². The van der Waals surface area contributed by atoms with Crippen LogP contribution in [0.2, 0.25) is 0 Å². The standard InChI is InChI=1S/C23H26FN9O2/c1-23(6-7-23)29-22(34)35-18-4-3-14(20(18)24)15-9-19(31-30-15)28-21-17-5-8-25-33(17)12-16(27-21)13-10-26-32(2)11-13/h5,8-12,14,18,20H,3-4,6-7H2,1-2H3,(H,29,34)(H2,27,28,30,31)/t14-,18-,20-/m0/s1. The number of aromatic amines is 1. The van der Waals surface area contributed by atoms with E-state index in [1.165, 1.54) is 0 Å². The highest BCUT2D eigenvalue weighted by Gasteiger charge is 2.43. The molecule has 2 aliphatic carbocycles. The van der Waals surface area contributed by atoms with E-state index in [0.717, 1.165) is 23.9 Å². The molecule has 4 aromatic heterocycles. The summed E-state index contributed by atoms with van der Waals surface area (Å²) in [5.41, 5.74) is 2.77. The number of fused-ring (bicyclic) bond motifs is 1. The highest BCUT2D eigenvalue weighted by atomic mass is 19.1. The Morgan fingerprint density at radius 1 is 1.29 bits per heavy atom. The zero-order valence-corrected chi connectivity index (χ0v) is 19.4. The molecule has 0 unspecified atom stereocenters. The number of rotatable bonds is 6. The SMILES string of the molecule is Cn1cc(-c2cn3nccc3c(Nc3cc([C@@H]4CC[C@H](OC(=O)NC5(C)CC5)[C@H]4F)[nH]n3)n2)cn1. The topological polar surface area (TPSA) is 127 Å². The van der Waals surface area contributed by atoms with Gasteiger partial charge in [-0.1, -0.05) is 0 Å². The average molecular weight is 480 g/mol. The smallest absolute Gasteiger partial charge is 0.407 e. The summed E-state index contributed by atoms with van der Waals surface area (Å²) < 4.78 is 24.0. The lowest BCUT2D eigenvalue weighted by Gasteiger charge is -2.19. The second kappa shape index (κ2) is 8.07. The largest absolute Gasteiger partial charge is 0.443 e. The number of nitrogens with one attached hydrogen (secondary N) is 3. The molecule has 4 heterocycles. The summed E-state index contributed by atoms with van der Waals surface area (Å²) in [6.07, 6.45) is 7.36. The molecule has 2 saturated carbocycles. The van der Waals surface area contributed by atoms with Crippen LogP contribution >= 0.6 is 0 Å². The molecule has 2 fully saturated rings. The number of H-pyrrole nitrogens is 1. The van der Waals surface area contributed by atoms with Crippen molar-refractivity contribution in [2.24, 2.45) is 7.05 Å². The normalized spacial score (nSPS) is 22.9. The van der Waals surface area contributed by atoms with Crippen molar-refractivity contribution >= 4 is 23.2 Å². The fourth-order valence-corrected chi connectivity index (χ4v) is 4.52. The predicted octanol–water partition coefficient (Wildman–Crippen LogP) is 3.46. The number of aryl methyl sites for hydroxylation is 1. The van der Waals surface area contributed by atoms with E-state index in [4.69, 9.17) is 9.72 Å². The van der Waals surface area contributed by atoms with Crippen molar-refractivity contribution in [3.8, 4) is 11.3 Å². The molecular formula is C23H26FN9O2. The van der Waals surface area contributed by atoms with E-state index in [2.05, 4.69) is 31.0 Å². The lowest BCUT2D eigenvalue weighted by molar-refractivity contribution is 0.0546. The van der Waals surface area contributed by atoms with Gasteiger partial charge in [-0.15, -0.1) is 0 Å². The second-order valence-electron chi connectivity index (χ2n) is 9.63. The molecule has 3 atom stereocenters. The highest BCUT2D eigenvalue weighted by molar-refractivity contribution is 5.75. The van der Waals surface area contributed by atoms with Gasteiger partial charge in [0, 0.05) is 42.0 Å². The minimum Gasteiger partial charge on any atom is -0.443 e. The Morgan fingerprint density at radius 2 is 2.14 bits per heavy atom. The maximum absolute atomic E-state index is 15.2. The Morgan fingerprint density at radius 3 is 2.91 bits per heavy atom. The third-order valence-electron chi connectivity index (χ3n) is 6.80. The molecule has 0 bridgehead atoms. The van der Waals surface area contributed by atoms with Gasteiger partial charge in [0.2, 0.25) is 0 Å². The lowest BCUT2D eigenvalue weighted by Crippen LogP contribution is -2.38. The number of nitrogens with zero attached hydrogens (tertiary/aromatic N) is 6. The maximum Gasteiger partial charge on any atom is 0.407 e. The number of hydrogen-bond donors (Lipinski definition) is 3. The van der Waals surface area contributed by atoms with Crippen LogP contribution in [-0.4, -0.2) is 58.5 Å². The molecule has 12 heteroatoms. The fourth-order valence-electron chi connectivity index (χ4n) is 4.52. The molecule has 0 spiro atoms. The van der Waals surface area contributed by atoms with E-state index in [-0.39, 0.29) is 5.54 Å². The second-order valence-corrected chi connectivity index (χ2v) is 9.63. The van der Waals surface area contributed by atoms with E-state index >= 15 is 4.39 Å². The van der Waals surface area contributed by atoms with Crippen LogP contribution < -0.4 is 10.6 Å². The molecule has 35 heavy (non-hydrogen) atoms. The molecule has 182 valence electrons. The van der Waals surface area contributed by atoms with Gasteiger partial charge in [-0.2, -0.15) is 15.3 Å². The Hall–Kier alpha value is -3.96. The van der Waals surface area contributed by atoms with Gasteiger partial charge in [-0.25, -0.2) is 18.7 Å². The van der Waals surface area contributed by atoms with Crippen molar-refractivity contribution in [3.63, 3.8) is 0 Å². The summed E-state index contributed by atoms with van der Waals surface area (Å²) in [6.45, 7) is 1.96. The molecule has 1 amide bonds. The highest BCUT2D eigenvalue weighted by Crippen LogP contribution is 2.39. The van der Waals surface area contributed by atoms with E-state index in [1.807, 2.05) is 32.4 Å². The zero-order valence-electron chi connectivity index (χ0n) is 19.4. The van der Waals surface area contributed by atoms with Gasteiger partial charge < -0.3 is 15.4 Å². The molecular weight excluding hydrogens is 453 g/mol. The minimum atomic E-state index is -1.31. The summed E-state index contributed by atoms with van der Waals surface area (Å²) in [7, 11) is 1.84. The Kier molecular flexibility index (Phi) is 4.97. The average Bonchev–Trinajstić information content (AvgIpc) is 3.34. The summed E-state index contributed by atoms with van der Waals surface area (Å²) in [6, 6.07) is 3.62. The Labute approximate surface area is 200 Å². The van der Waals surface area contributed by atoms with Gasteiger partial charge in [0.15, 0.2) is 11.6 Å². The first-order chi connectivity index (χ1) is 16.9. The number of amides is 1. The van der Waals surface area contributed by atoms with E-state index in [0.29, 0.717) is 35.9 Å². The number of carbonyl (C=O) groups excluding carboxylic acids is 1. The van der Waals surface area contributed by atoms with Crippen LogP contribution in [0.1, 0.15) is 44.2 Å². The fraction of sp³-hybridized carbons (Fsp3) is 0.435. The van der Waals surface area contributed by atoms with Gasteiger partial charge in [-0.05, 0) is 38.7 Å². The molecule has 0 aromatic carbocycles. The number of aromatic nitrogens is 7. The van der Waals surface area contributed by atoms with Crippen LogP contribution in [-0.2, 0) is 11.8 Å². The first-order valence-corrected chi connectivity index (χ1v) is 11.7. The minimum absolute atomic E-state index is 0.200. The van der Waals surface area contributed by atoms with Crippen LogP contribution in [0.25, 0.3) is 16.8 Å². The number of alkyl carbamates (subject to hydrolysis) is 1. The Balaban J connectivity index is 1.18. The van der Waals surface area contributed by atoms with Crippen molar-refractivity contribution in [2.45, 2.75) is 56.3 Å². The number of ether oxygens (including phenoxy) is 1. The van der Waals surface area contributed by atoms with Gasteiger partial charge in [0.1, 0.15) is 17.8 Å². The zero-order chi connectivity index (χ0) is 24.2. The number of hydrogen-bond acceptors (Lipinski definition) is 7. The van der Waals surface area contributed by atoms with E-state index in [1.54, 1.807) is 27.7 Å². The van der Waals surface area contributed by atoms with Gasteiger partial charge in [0.25, 0.3) is 0 Å². The third-order valence-corrected chi connectivity index (χ3v) is 6.80. The number of anilines is 2. The van der Waals surface area contributed by atoms with Crippen LogP contribution in [0.5, 0.6) is 0 Å². The summed E-state index contributed by atoms with van der Waals surface area (Å²) in [4.78, 5) is 16.9. The monoisotopic (exact) mass is 479 g/mol. The molecule has 6 rings (SSSR count). The van der Waals surface area contributed by atoms with Crippen molar-refractivity contribution in [1.29, 1.82) is 0 Å². The third kappa shape index (κ3) is 4.19. The first-order valence-electron chi connectivity index (χ1n) is 11.7. The number of halogens is 1. The number of carbonyl (C=O) groups is 1. The summed E-state index contributed by atoms with van der Waals surface area (Å²) >= 11 is 0. The molecule has 0 aliphatic heterocycles. The predicted molar refractivity (Wildman–Crippen MR) is 125 cm³/mol. The van der Waals surface area contributed by atoms with Crippen molar-refractivity contribution < 1.29 is 13.9 Å². The van der Waals surface area contributed by atoms with Gasteiger partial charge >= 0.3 is 6.09 Å². The molecule has 0 radical (unpaired) electrons. The molecule has 3 N–H and O–H groups in total. The Bertz CT molecular complexity index is 1390. The van der Waals surface area contributed by atoms with Crippen LogP contribution in [0, 0.1) is 0 Å². The lowest BCUT2D eigenvalue weighted by atomic mass is 10.0. The molecule has 2 aliphatic rings. The maximum atomic E-state index is 15.2. The van der Waals surface area contributed by atoms with Crippen molar-refractivity contribution in [2.75, 3.05) is 5.32 Å². The van der Waals surface area contributed by atoms with Crippen LogP contribution in [0.3, 0.4) is 0 Å². The van der Waals surface area contributed by atoms with E-state index < -0.39 is 24.3 Å². The number of alkyl halides is 1. The van der Waals surface area contributed by atoms with Crippen LogP contribution in [0.4, 0.5) is 20.8 Å². The molecule has 0 saturated heterocycles. The van der Waals surface area contributed by atoms with Gasteiger partial charge in [0.05, 0.1) is 24.3 Å². The first kappa shape index (κ1) is 21.6. The summed E-state index contributed by atoms with van der Waals surface area (Å²) in [5, 5.41) is 21.9.